The van der Waals surface area contributed by atoms with E-state index in [-0.39, 0.29) is 11.5 Å². The molecule has 2 aromatic heterocycles. The average molecular weight is 280 g/mol. The lowest BCUT2D eigenvalue weighted by molar-refractivity contribution is 0.568. The van der Waals surface area contributed by atoms with Gasteiger partial charge < -0.3 is 5.73 Å². The molecule has 1 atom stereocenters. The van der Waals surface area contributed by atoms with Gasteiger partial charge in [-0.2, -0.15) is 0 Å². The number of rotatable bonds is 4. The molecule has 0 amide bonds. The monoisotopic (exact) mass is 280 g/mol. The normalized spacial score (nSPS) is 13.8. The van der Waals surface area contributed by atoms with Crippen LogP contribution in [0, 0.1) is 0 Å². The number of thiophene rings is 1. The SMILES string of the molecule is CC(C)(C)c1csc(CC(N)Cc2cccs2)n1. The molecule has 0 radical (unpaired) electrons. The molecule has 0 fully saturated rings. The molecule has 4 heteroatoms. The number of nitrogens with zero attached hydrogens (tertiary/aromatic N) is 1. The van der Waals surface area contributed by atoms with Crippen molar-refractivity contribution < 1.29 is 0 Å². The second-order valence-electron chi connectivity index (χ2n) is 5.62. The van der Waals surface area contributed by atoms with Crippen LogP contribution in [0.2, 0.25) is 0 Å². The Balaban J connectivity index is 1.95. The molecular formula is C14H20N2S2. The number of hydrogen-bond acceptors (Lipinski definition) is 4. The van der Waals surface area contributed by atoms with E-state index in [0.717, 1.165) is 17.8 Å². The summed E-state index contributed by atoms with van der Waals surface area (Å²) >= 11 is 3.50. The molecule has 0 aromatic carbocycles. The highest BCUT2D eigenvalue weighted by molar-refractivity contribution is 7.10. The Morgan fingerprint density at radius 1 is 1.28 bits per heavy atom. The first kappa shape index (κ1) is 13.7. The van der Waals surface area contributed by atoms with Gasteiger partial charge >= 0.3 is 0 Å². The highest BCUT2D eigenvalue weighted by Crippen LogP contribution is 2.24. The van der Waals surface area contributed by atoms with Gasteiger partial charge in [-0.05, 0) is 17.9 Å². The molecule has 1 unspecified atom stereocenters. The number of aromatic nitrogens is 1. The number of hydrogen-bond donors (Lipinski definition) is 1. The maximum atomic E-state index is 6.19. The van der Waals surface area contributed by atoms with Crippen LogP contribution < -0.4 is 5.73 Å². The molecule has 0 bridgehead atoms. The topological polar surface area (TPSA) is 38.9 Å². The van der Waals surface area contributed by atoms with Crippen LogP contribution in [0.25, 0.3) is 0 Å². The van der Waals surface area contributed by atoms with Crippen molar-refractivity contribution in [3.05, 3.63) is 38.5 Å². The van der Waals surface area contributed by atoms with Gasteiger partial charge in [-0.25, -0.2) is 4.98 Å². The van der Waals surface area contributed by atoms with Gasteiger partial charge in [0.05, 0.1) is 10.7 Å². The third-order valence-corrected chi connectivity index (χ3v) is 4.57. The molecule has 18 heavy (non-hydrogen) atoms. The van der Waals surface area contributed by atoms with Crippen LogP contribution in [0.15, 0.2) is 22.9 Å². The summed E-state index contributed by atoms with van der Waals surface area (Å²) in [5, 5.41) is 5.42. The van der Waals surface area contributed by atoms with E-state index in [4.69, 9.17) is 10.7 Å². The van der Waals surface area contributed by atoms with Gasteiger partial charge in [-0.3, -0.25) is 0 Å². The predicted molar refractivity (Wildman–Crippen MR) is 80.5 cm³/mol. The fourth-order valence-electron chi connectivity index (χ4n) is 1.73. The molecule has 0 aliphatic heterocycles. The molecule has 0 spiro atoms. The first-order valence-corrected chi connectivity index (χ1v) is 7.94. The smallest absolute Gasteiger partial charge is 0.0944 e. The summed E-state index contributed by atoms with van der Waals surface area (Å²) in [4.78, 5) is 6.05. The Hall–Kier alpha value is -0.710. The summed E-state index contributed by atoms with van der Waals surface area (Å²) in [6.07, 6.45) is 1.82. The highest BCUT2D eigenvalue weighted by atomic mass is 32.1. The van der Waals surface area contributed by atoms with Crippen LogP contribution in [0.4, 0.5) is 0 Å². The minimum absolute atomic E-state index is 0.132. The third-order valence-electron chi connectivity index (χ3n) is 2.80. The minimum atomic E-state index is 0.132. The van der Waals surface area contributed by atoms with Gasteiger partial charge in [-0.15, -0.1) is 22.7 Å². The quantitative estimate of drug-likeness (QED) is 0.929. The van der Waals surface area contributed by atoms with Crippen LogP contribution in [0.5, 0.6) is 0 Å². The van der Waals surface area contributed by atoms with Crippen molar-refractivity contribution in [2.45, 2.75) is 45.1 Å². The standard InChI is InChI=1S/C14H20N2S2/c1-14(2,3)12-9-18-13(16-12)8-10(15)7-11-5-4-6-17-11/h4-6,9-10H,7-8,15H2,1-3H3. The number of thiazole rings is 1. The molecule has 2 heterocycles. The van der Waals surface area contributed by atoms with Crippen LogP contribution in [0.1, 0.15) is 36.3 Å². The summed E-state index contributed by atoms with van der Waals surface area (Å²) in [6, 6.07) is 4.39. The summed E-state index contributed by atoms with van der Waals surface area (Å²) in [7, 11) is 0. The maximum Gasteiger partial charge on any atom is 0.0944 e. The zero-order chi connectivity index (χ0) is 13.2. The molecule has 98 valence electrons. The van der Waals surface area contributed by atoms with Crippen molar-refractivity contribution in [3.63, 3.8) is 0 Å². The molecule has 0 aliphatic rings. The summed E-state index contributed by atoms with van der Waals surface area (Å²) in [6.45, 7) is 6.58. The Bertz CT molecular complexity index is 480. The van der Waals surface area contributed by atoms with Crippen LogP contribution in [-0.4, -0.2) is 11.0 Å². The van der Waals surface area contributed by atoms with Crippen molar-refractivity contribution in [2.75, 3.05) is 0 Å². The van der Waals surface area contributed by atoms with Gasteiger partial charge in [-0.1, -0.05) is 26.8 Å². The zero-order valence-corrected chi connectivity index (χ0v) is 12.8. The molecule has 0 saturated carbocycles. The van der Waals surface area contributed by atoms with E-state index in [1.165, 1.54) is 10.6 Å². The Morgan fingerprint density at radius 2 is 2.06 bits per heavy atom. The molecular weight excluding hydrogens is 260 g/mol. The van der Waals surface area contributed by atoms with Crippen LogP contribution in [-0.2, 0) is 18.3 Å². The fourth-order valence-corrected chi connectivity index (χ4v) is 3.65. The van der Waals surface area contributed by atoms with E-state index in [1.54, 1.807) is 22.7 Å². The van der Waals surface area contributed by atoms with Gasteiger partial charge in [0.25, 0.3) is 0 Å². The zero-order valence-electron chi connectivity index (χ0n) is 11.1. The van der Waals surface area contributed by atoms with Crippen LogP contribution >= 0.6 is 22.7 Å². The maximum absolute atomic E-state index is 6.19. The molecule has 2 rings (SSSR count). The average Bonchev–Trinajstić information content (AvgIpc) is 2.87. The van der Waals surface area contributed by atoms with E-state index in [9.17, 15) is 0 Å². The summed E-state index contributed by atoms with van der Waals surface area (Å²) in [5.74, 6) is 0. The largest absolute Gasteiger partial charge is 0.327 e. The van der Waals surface area contributed by atoms with Gasteiger partial charge in [0.2, 0.25) is 0 Å². The van der Waals surface area contributed by atoms with E-state index in [2.05, 4.69) is 43.7 Å². The first-order valence-electron chi connectivity index (χ1n) is 6.18. The lowest BCUT2D eigenvalue weighted by atomic mass is 9.93. The first-order chi connectivity index (χ1) is 8.45. The van der Waals surface area contributed by atoms with Crippen molar-refractivity contribution >= 4 is 22.7 Å². The van der Waals surface area contributed by atoms with E-state index < -0.39 is 0 Å². The summed E-state index contributed by atoms with van der Waals surface area (Å²) in [5.41, 5.74) is 7.49. The van der Waals surface area contributed by atoms with Crippen LogP contribution in [0.3, 0.4) is 0 Å². The van der Waals surface area contributed by atoms with E-state index >= 15 is 0 Å². The van der Waals surface area contributed by atoms with Gasteiger partial charge in [0.15, 0.2) is 0 Å². The molecule has 0 aliphatic carbocycles. The molecule has 0 saturated heterocycles. The molecule has 2 nitrogen and oxygen atoms in total. The Kier molecular flexibility index (Phi) is 4.20. The van der Waals surface area contributed by atoms with E-state index in [0.29, 0.717) is 0 Å². The Morgan fingerprint density at radius 3 is 2.61 bits per heavy atom. The highest BCUT2D eigenvalue weighted by Gasteiger charge is 2.18. The minimum Gasteiger partial charge on any atom is -0.327 e. The fraction of sp³-hybridized carbons (Fsp3) is 0.500. The van der Waals surface area contributed by atoms with Gasteiger partial charge in [0, 0.05) is 28.1 Å². The van der Waals surface area contributed by atoms with Crippen molar-refractivity contribution in [2.24, 2.45) is 5.73 Å². The second-order valence-corrected chi connectivity index (χ2v) is 7.60. The second kappa shape index (κ2) is 5.51. The lowest BCUT2D eigenvalue weighted by Gasteiger charge is -2.14. The third kappa shape index (κ3) is 3.64. The van der Waals surface area contributed by atoms with Crippen molar-refractivity contribution in [3.8, 4) is 0 Å². The molecule has 2 N–H and O–H groups in total. The Labute approximate surface area is 117 Å². The summed E-state index contributed by atoms with van der Waals surface area (Å²) < 4.78 is 0. The van der Waals surface area contributed by atoms with E-state index in [1.807, 2.05) is 0 Å². The predicted octanol–water partition coefficient (Wildman–Crippen LogP) is 3.61. The van der Waals surface area contributed by atoms with Crippen molar-refractivity contribution in [1.82, 2.24) is 4.98 Å². The molecule has 2 aromatic rings. The van der Waals surface area contributed by atoms with Crippen molar-refractivity contribution in [1.29, 1.82) is 0 Å². The van der Waals surface area contributed by atoms with Gasteiger partial charge in [0.1, 0.15) is 0 Å². The lowest BCUT2D eigenvalue weighted by Crippen LogP contribution is -2.25. The number of nitrogens with two attached hydrogens (primary N) is 1.